The second kappa shape index (κ2) is 7.67. The fourth-order valence-corrected chi connectivity index (χ4v) is 6.82. The highest BCUT2D eigenvalue weighted by Crippen LogP contribution is 2.51. The zero-order valence-corrected chi connectivity index (χ0v) is 18.8. The lowest BCUT2D eigenvalue weighted by atomic mass is 9.89. The number of anilines is 2. The van der Waals surface area contributed by atoms with Crippen LogP contribution in [-0.2, 0) is 17.6 Å². The number of ether oxygens (including phenoxy) is 2. The van der Waals surface area contributed by atoms with Crippen molar-refractivity contribution in [3.63, 3.8) is 0 Å². The van der Waals surface area contributed by atoms with E-state index in [0.29, 0.717) is 18.0 Å². The molecule has 0 amide bonds. The first-order valence-electron chi connectivity index (χ1n) is 12.6. The smallest absolute Gasteiger partial charge is 0.125 e. The summed E-state index contributed by atoms with van der Waals surface area (Å²) in [5.74, 6) is 1.83. The predicted molar refractivity (Wildman–Crippen MR) is 127 cm³/mol. The Hall–Kier alpha value is -2.24. The fraction of sp³-hybridized carbons (Fsp3) is 0.556. The Morgan fingerprint density at radius 2 is 1.88 bits per heavy atom. The van der Waals surface area contributed by atoms with Crippen LogP contribution in [0.5, 0.6) is 5.75 Å². The average Bonchev–Trinajstić information content (AvgIpc) is 3.39. The number of likely N-dealkylation sites (tertiary alicyclic amines) is 1. The van der Waals surface area contributed by atoms with Gasteiger partial charge >= 0.3 is 0 Å². The molecule has 0 saturated carbocycles. The van der Waals surface area contributed by atoms with Crippen LogP contribution >= 0.6 is 0 Å². The molecule has 0 spiro atoms. The van der Waals surface area contributed by atoms with E-state index in [4.69, 9.17) is 9.47 Å². The maximum Gasteiger partial charge on any atom is 0.125 e. The molecule has 168 valence electrons. The first-order chi connectivity index (χ1) is 15.9. The lowest BCUT2D eigenvalue weighted by Crippen LogP contribution is -2.55. The van der Waals surface area contributed by atoms with Crippen LogP contribution in [0.1, 0.15) is 35.4 Å². The van der Waals surface area contributed by atoms with Crippen LogP contribution < -0.4 is 14.5 Å². The minimum Gasteiger partial charge on any atom is -0.493 e. The molecule has 0 aromatic heterocycles. The van der Waals surface area contributed by atoms with Crippen LogP contribution in [0.3, 0.4) is 0 Å². The Bertz CT molecular complexity index is 1020. The quantitative estimate of drug-likeness (QED) is 0.723. The van der Waals surface area contributed by atoms with Gasteiger partial charge in [-0.1, -0.05) is 30.3 Å². The summed E-state index contributed by atoms with van der Waals surface area (Å²) in [5.41, 5.74) is 7.40. The average molecular weight is 432 g/mol. The van der Waals surface area contributed by atoms with Crippen LogP contribution in [0.2, 0.25) is 0 Å². The number of hydrogen-bond donors (Lipinski definition) is 0. The first kappa shape index (κ1) is 19.2. The zero-order chi connectivity index (χ0) is 21.1. The molecule has 0 aliphatic carbocycles. The van der Waals surface area contributed by atoms with Crippen LogP contribution in [-0.4, -0.2) is 69.5 Å². The molecule has 2 saturated heterocycles. The van der Waals surface area contributed by atoms with Crippen molar-refractivity contribution >= 4 is 11.4 Å². The van der Waals surface area contributed by atoms with Crippen molar-refractivity contribution in [3.8, 4) is 5.75 Å². The number of benzene rings is 2. The van der Waals surface area contributed by atoms with Gasteiger partial charge in [0.2, 0.25) is 0 Å². The van der Waals surface area contributed by atoms with Gasteiger partial charge in [-0.25, -0.2) is 0 Å². The summed E-state index contributed by atoms with van der Waals surface area (Å²) in [6.07, 6.45) is 4.69. The van der Waals surface area contributed by atoms with Crippen LogP contribution in [0, 0.1) is 0 Å². The van der Waals surface area contributed by atoms with Crippen LogP contribution in [0.4, 0.5) is 11.4 Å². The van der Waals surface area contributed by atoms with E-state index in [9.17, 15) is 0 Å². The number of hydrogen-bond acceptors (Lipinski definition) is 5. The van der Waals surface area contributed by atoms with Crippen molar-refractivity contribution in [2.45, 2.75) is 43.7 Å². The molecule has 2 fully saturated rings. The number of fused-ring (bicyclic) bond motifs is 4. The zero-order valence-electron chi connectivity index (χ0n) is 18.8. The Kier molecular flexibility index (Phi) is 4.61. The van der Waals surface area contributed by atoms with Gasteiger partial charge in [-0.2, -0.15) is 0 Å². The third-order valence-electron chi connectivity index (χ3n) is 8.46. The molecule has 0 radical (unpaired) electrons. The summed E-state index contributed by atoms with van der Waals surface area (Å²) >= 11 is 0. The topological polar surface area (TPSA) is 28.2 Å². The van der Waals surface area contributed by atoms with Crippen molar-refractivity contribution in [1.29, 1.82) is 0 Å². The number of aryl methyl sites for hydroxylation is 1. The van der Waals surface area contributed by atoms with E-state index in [0.717, 1.165) is 39.2 Å². The monoisotopic (exact) mass is 431 g/mol. The van der Waals surface area contributed by atoms with Crippen LogP contribution in [0.15, 0.2) is 36.4 Å². The summed E-state index contributed by atoms with van der Waals surface area (Å²) in [5, 5.41) is 0. The summed E-state index contributed by atoms with van der Waals surface area (Å²) in [6, 6.07) is 15.0. The van der Waals surface area contributed by atoms with Gasteiger partial charge < -0.3 is 24.2 Å². The molecule has 5 heterocycles. The molecule has 0 N–H and O–H groups in total. The van der Waals surface area contributed by atoms with E-state index in [1.54, 1.807) is 11.3 Å². The van der Waals surface area contributed by atoms with E-state index in [2.05, 4.69) is 51.1 Å². The van der Waals surface area contributed by atoms with Gasteiger partial charge in [0.05, 0.1) is 37.2 Å². The van der Waals surface area contributed by atoms with E-state index in [-0.39, 0.29) is 0 Å². The number of nitrogens with zero attached hydrogens (tertiary/aromatic N) is 3. The molecule has 2 aromatic rings. The highest BCUT2D eigenvalue weighted by atomic mass is 16.5. The highest BCUT2D eigenvalue weighted by molar-refractivity contribution is 5.81. The van der Waals surface area contributed by atoms with Crippen molar-refractivity contribution in [1.82, 2.24) is 4.90 Å². The Balaban J connectivity index is 1.05. The van der Waals surface area contributed by atoms with Gasteiger partial charge in [0.15, 0.2) is 0 Å². The summed E-state index contributed by atoms with van der Waals surface area (Å²) in [4.78, 5) is 8.10. The van der Waals surface area contributed by atoms with Crippen molar-refractivity contribution in [2.24, 2.45) is 0 Å². The predicted octanol–water partition coefficient (Wildman–Crippen LogP) is 3.45. The lowest BCUT2D eigenvalue weighted by molar-refractivity contribution is 0.00797. The third kappa shape index (κ3) is 2.97. The van der Waals surface area contributed by atoms with E-state index in [1.165, 1.54) is 61.6 Å². The largest absolute Gasteiger partial charge is 0.493 e. The molecular formula is C27H33N3O2. The SMILES string of the molecule is c1cc(CCCN2CC[C@H]3[C@@H](C2)c2cccc4c2N3CCN4C2COC2)c2c(c1)CCO2. The fourth-order valence-electron chi connectivity index (χ4n) is 6.82. The number of rotatable bonds is 5. The van der Waals surface area contributed by atoms with Gasteiger partial charge in [0, 0.05) is 44.6 Å². The van der Waals surface area contributed by atoms with Gasteiger partial charge in [-0.15, -0.1) is 0 Å². The number of piperidine rings is 1. The van der Waals surface area contributed by atoms with E-state index >= 15 is 0 Å². The molecule has 5 heteroatoms. The highest BCUT2D eigenvalue weighted by Gasteiger charge is 2.46. The maximum atomic E-state index is 5.92. The van der Waals surface area contributed by atoms with Crippen molar-refractivity contribution in [3.05, 3.63) is 53.1 Å². The molecule has 2 atom stereocenters. The minimum absolute atomic E-state index is 0.575. The lowest BCUT2D eigenvalue weighted by Gasteiger charge is -2.46. The van der Waals surface area contributed by atoms with Gasteiger partial charge in [0.25, 0.3) is 0 Å². The second-order valence-corrected chi connectivity index (χ2v) is 10.2. The summed E-state index contributed by atoms with van der Waals surface area (Å²) in [7, 11) is 0. The molecule has 7 rings (SSSR count). The van der Waals surface area contributed by atoms with Crippen molar-refractivity contribution in [2.75, 3.05) is 62.3 Å². The third-order valence-corrected chi connectivity index (χ3v) is 8.46. The van der Waals surface area contributed by atoms with Crippen LogP contribution in [0.25, 0.3) is 0 Å². The molecule has 5 aliphatic heterocycles. The minimum atomic E-state index is 0.575. The first-order valence-corrected chi connectivity index (χ1v) is 12.6. The molecule has 0 bridgehead atoms. The van der Waals surface area contributed by atoms with Gasteiger partial charge in [-0.05, 0) is 48.6 Å². The normalized spacial score (nSPS) is 26.4. The molecule has 2 aromatic carbocycles. The van der Waals surface area contributed by atoms with Crippen molar-refractivity contribution < 1.29 is 9.47 Å². The molecular weight excluding hydrogens is 398 g/mol. The summed E-state index contributed by atoms with van der Waals surface area (Å²) in [6.45, 7) is 8.55. The van der Waals surface area contributed by atoms with E-state index in [1.807, 2.05) is 0 Å². The number of para-hydroxylation sites is 2. The molecule has 0 unspecified atom stereocenters. The summed E-state index contributed by atoms with van der Waals surface area (Å²) < 4.78 is 11.4. The standard InChI is InChI=1S/C27H33N3O2/c1-4-19(27-20(5-1)10-15-32-27)6-3-11-28-12-9-24-23(16-28)22-7-2-8-25-26(22)30(24)14-13-29(25)21-17-31-18-21/h1-2,4-5,7-8,21,23-24H,3,6,9-18H2/t23-,24-/m0/s1. The molecule has 5 nitrogen and oxygen atoms in total. The maximum absolute atomic E-state index is 5.92. The Morgan fingerprint density at radius 1 is 0.969 bits per heavy atom. The van der Waals surface area contributed by atoms with E-state index < -0.39 is 0 Å². The molecule has 32 heavy (non-hydrogen) atoms. The van der Waals surface area contributed by atoms with Gasteiger partial charge in [0.1, 0.15) is 5.75 Å². The second-order valence-electron chi connectivity index (χ2n) is 10.2. The molecule has 5 aliphatic rings. The Morgan fingerprint density at radius 3 is 2.78 bits per heavy atom. The Labute approximate surface area is 190 Å². The van der Waals surface area contributed by atoms with Gasteiger partial charge in [-0.3, -0.25) is 0 Å².